The van der Waals surface area contributed by atoms with E-state index in [9.17, 15) is 14.9 Å². The third kappa shape index (κ3) is 2.06. The number of hydrogen-bond donors (Lipinski definition) is 1. The van der Waals surface area contributed by atoms with Gasteiger partial charge in [-0.15, -0.1) is 0 Å². The molecule has 1 heterocycles. The van der Waals surface area contributed by atoms with Crippen molar-refractivity contribution in [1.29, 1.82) is 0 Å². The molecule has 1 N–H and O–H groups in total. The predicted octanol–water partition coefficient (Wildman–Crippen LogP) is 1.42. The normalized spacial score (nSPS) is 15.5. The molecule has 0 atom stereocenters. The van der Waals surface area contributed by atoms with Crippen LogP contribution in [0, 0.1) is 23.0 Å². The number of benzene rings is 1. The smallest absolute Gasteiger partial charge is 0.310 e. The van der Waals surface area contributed by atoms with Gasteiger partial charge in [-0.05, 0) is 12.5 Å². The number of nitro groups is 1. The Labute approximate surface area is 97.6 Å². The first-order chi connectivity index (χ1) is 7.99. The predicted molar refractivity (Wildman–Crippen MR) is 61.2 cm³/mol. The SMILES string of the molecule is Cc1ccc([N+](=O)[O-])cc1N1CC(C(=O)O)C1. The first-order valence-electron chi connectivity index (χ1n) is 5.22. The quantitative estimate of drug-likeness (QED) is 0.633. The first kappa shape index (κ1) is 11.4. The lowest BCUT2D eigenvalue weighted by Gasteiger charge is -2.39. The number of carbonyl (C=O) groups is 1. The fourth-order valence-electron chi connectivity index (χ4n) is 1.88. The first-order valence-corrected chi connectivity index (χ1v) is 5.22. The van der Waals surface area contributed by atoms with Gasteiger partial charge in [-0.1, -0.05) is 6.07 Å². The van der Waals surface area contributed by atoms with Gasteiger partial charge in [-0.3, -0.25) is 14.9 Å². The summed E-state index contributed by atoms with van der Waals surface area (Å²) >= 11 is 0. The van der Waals surface area contributed by atoms with Crippen LogP contribution in [-0.4, -0.2) is 29.1 Å². The maximum absolute atomic E-state index is 10.7. The molecule has 1 saturated heterocycles. The molecule has 0 aliphatic carbocycles. The highest BCUT2D eigenvalue weighted by atomic mass is 16.6. The number of aliphatic carboxylic acids is 1. The number of rotatable bonds is 3. The van der Waals surface area contributed by atoms with E-state index in [4.69, 9.17) is 5.11 Å². The Bertz CT molecular complexity index is 480. The Kier molecular flexibility index (Phi) is 2.71. The third-order valence-corrected chi connectivity index (χ3v) is 2.98. The lowest BCUT2D eigenvalue weighted by atomic mass is 9.98. The van der Waals surface area contributed by atoms with Crippen LogP contribution in [0.3, 0.4) is 0 Å². The molecular formula is C11H12N2O4. The monoisotopic (exact) mass is 236 g/mol. The van der Waals surface area contributed by atoms with Gasteiger partial charge in [0.25, 0.3) is 5.69 Å². The zero-order valence-corrected chi connectivity index (χ0v) is 9.29. The molecule has 2 rings (SSSR count). The fourth-order valence-corrected chi connectivity index (χ4v) is 1.88. The fraction of sp³-hybridized carbons (Fsp3) is 0.364. The van der Waals surface area contributed by atoms with Crippen LogP contribution in [0.2, 0.25) is 0 Å². The van der Waals surface area contributed by atoms with Crippen molar-refractivity contribution in [3.8, 4) is 0 Å². The third-order valence-electron chi connectivity index (χ3n) is 2.98. The second-order valence-electron chi connectivity index (χ2n) is 4.17. The van der Waals surface area contributed by atoms with E-state index in [1.807, 2.05) is 11.8 Å². The summed E-state index contributed by atoms with van der Waals surface area (Å²) < 4.78 is 0. The highest BCUT2D eigenvalue weighted by Gasteiger charge is 2.33. The van der Waals surface area contributed by atoms with Crippen LogP contribution >= 0.6 is 0 Å². The minimum Gasteiger partial charge on any atom is -0.481 e. The van der Waals surface area contributed by atoms with E-state index in [-0.39, 0.29) is 11.6 Å². The van der Waals surface area contributed by atoms with E-state index in [0.29, 0.717) is 13.1 Å². The van der Waals surface area contributed by atoms with E-state index in [2.05, 4.69) is 0 Å². The van der Waals surface area contributed by atoms with Gasteiger partial charge in [0.15, 0.2) is 0 Å². The molecular weight excluding hydrogens is 224 g/mol. The van der Waals surface area contributed by atoms with Crippen LogP contribution in [0.1, 0.15) is 5.56 Å². The summed E-state index contributed by atoms with van der Waals surface area (Å²) in [6.07, 6.45) is 0. The number of nitrogens with zero attached hydrogens (tertiary/aromatic N) is 2. The number of nitro benzene ring substituents is 1. The molecule has 1 fully saturated rings. The van der Waals surface area contributed by atoms with E-state index in [1.54, 1.807) is 6.07 Å². The summed E-state index contributed by atoms with van der Waals surface area (Å²) in [7, 11) is 0. The molecule has 17 heavy (non-hydrogen) atoms. The van der Waals surface area contributed by atoms with Crippen LogP contribution in [0.5, 0.6) is 0 Å². The van der Waals surface area contributed by atoms with Crippen molar-refractivity contribution in [2.45, 2.75) is 6.92 Å². The molecule has 6 heteroatoms. The Balaban J connectivity index is 2.19. The molecule has 1 aliphatic heterocycles. The summed E-state index contributed by atoms with van der Waals surface area (Å²) in [6.45, 7) is 2.68. The van der Waals surface area contributed by atoms with Crippen molar-refractivity contribution in [2.24, 2.45) is 5.92 Å². The number of anilines is 1. The molecule has 1 aromatic carbocycles. The van der Waals surface area contributed by atoms with Crippen molar-refractivity contribution < 1.29 is 14.8 Å². The van der Waals surface area contributed by atoms with Gasteiger partial charge >= 0.3 is 5.97 Å². The molecule has 1 aromatic rings. The average molecular weight is 236 g/mol. The summed E-state index contributed by atoms with van der Waals surface area (Å²) in [6, 6.07) is 4.63. The van der Waals surface area contributed by atoms with E-state index in [1.165, 1.54) is 12.1 Å². The largest absolute Gasteiger partial charge is 0.481 e. The Morgan fingerprint density at radius 3 is 2.71 bits per heavy atom. The van der Waals surface area contributed by atoms with E-state index >= 15 is 0 Å². The molecule has 0 saturated carbocycles. The van der Waals surface area contributed by atoms with Gasteiger partial charge in [0.1, 0.15) is 0 Å². The minimum absolute atomic E-state index is 0.0318. The lowest BCUT2D eigenvalue weighted by Crippen LogP contribution is -2.50. The molecule has 1 aliphatic rings. The van der Waals surface area contributed by atoms with Gasteiger partial charge in [-0.2, -0.15) is 0 Å². The number of non-ortho nitro benzene ring substituents is 1. The standard InChI is InChI=1S/C11H12N2O4/c1-7-2-3-9(13(16)17)4-10(7)12-5-8(6-12)11(14)15/h2-4,8H,5-6H2,1H3,(H,14,15). The zero-order chi connectivity index (χ0) is 12.6. The Morgan fingerprint density at radius 1 is 1.53 bits per heavy atom. The Morgan fingerprint density at radius 2 is 2.18 bits per heavy atom. The van der Waals surface area contributed by atoms with Gasteiger partial charge < -0.3 is 10.0 Å². The summed E-state index contributed by atoms with van der Waals surface area (Å²) in [4.78, 5) is 22.7. The summed E-state index contributed by atoms with van der Waals surface area (Å²) in [5.74, 6) is -1.18. The minimum atomic E-state index is -0.815. The van der Waals surface area contributed by atoms with Crippen molar-refractivity contribution in [2.75, 3.05) is 18.0 Å². The second kappa shape index (κ2) is 4.04. The zero-order valence-electron chi connectivity index (χ0n) is 9.29. The molecule has 6 nitrogen and oxygen atoms in total. The number of aryl methyl sites for hydroxylation is 1. The molecule has 0 bridgehead atoms. The average Bonchev–Trinajstić information content (AvgIpc) is 2.17. The van der Waals surface area contributed by atoms with Gasteiger partial charge in [0.05, 0.1) is 10.8 Å². The molecule has 0 amide bonds. The number of hydrogen-bond acceptors (Lipinski definition) is 4. The second-order valence-corrected chi connectivity index (χ2v) is 4.17. The van der Waals surface area contributed by atoms with Crippen molar-refractivity contribution in [1.82, 2.24) is 0 Å². The maximum Gasteiger partial charge on any atom is 0.310 e. The molecule has 0 unspecified atom stereocenters. The molecule has 0 spiro atoms. The molecule has 0 aromatic heterocycles. The van der Waals surface area contributed by atoms with Crippen LogP contribution in [-0.2, 0) is 4.79 Å². The van der Waals surface area contributed by atoms with Crippen LogP contribution < -0.4 is 4.90 Å². The Hall–Kier alpha value is -2.11. The summed E-state index contributed by atoms with van der Waals surface area (Å²) in [5.41, 5.74) is 1.69. The van der Waals surface area contributed by atoms with Gasteiger partial charge in [0, 0.05) is 30.9 Å². The molecule has 90 valence electrons. The number of carboxylic acid groups (broad SMARTS) is 1. The molecule has 0 radical (unpaired) electrons. The van der Waals surface area contributed by atoms with Crippen molar-refractivity contribution in [3.63, 3.8) is 0 Å². The van der Waals surface area contributed by atoms with Crippen molar-refractivity contribution >= 4 is 17.3 Å². The van der Waals surface area contributed by atoms with Crippen LogP contribution in [0.25, 0.3) is 0 Å². The highest BCUT2D eigenvalue weighted by Crippen LogP contribution is 2.30. The van der Waals surface area contributed by atoms with Gasteiger partial charge in [0.2, 0.25) is 0 Å². The topological polar surface area (TPSA) is 83.7 Å². The maximum atomic E-state index is 10.7. The number of carboxylic acids is 1. The van der Waals surface area contributed by atoms with Crippen LogP contribution in [0.15, 0.2) is 18.2 Å². The summed E-state index contributed by atoms with van der Waals surface area (Å²) in [5, 5.41) is 19.4. The van der Waals surface area contributed by atoms with Gasteiger partial charge in [-0.25, -0.2) is 0 Å². The lowest BCUT2D eigenvalue weighted by molar-refractivity contribution is -0.384. The van der Waals surface area contributed by atoms with Crippen molar-refractivity contribution in [3.05, 3.63) is 33.9 Å². The van der Waals surface area contributed by atoms with E-state index < -0.39 is 10.9 Å². The highest BCUT2D eigenvalue weighted by molar-refractivity contribution is 5.75. The van der Waals surface area contributed by atoms with E-state index in [0.717, 1.165) is 11.3 Å². The van der Waals surface area contributed by atoms with Crippen LogP contribution in [0.4, 0.5) is 11.4 Å².